The Morgan fingerprint density at radius 1 is 1.10 bits per heavy atom. The summed E-state index contributed by atoms with van der Waals surface area (Å²) in [5.74, 6) is 6.80. The van der Waals surface area contributed by atoms with Crippen molar-refractivity contribution in [3.8, 4) is 17.6 Å². The molecule has 0 fully saturated rings. The van der Waals surface area contributed by atoms with Gasteiger partial charge in [-0.05, 0) is 42.5 Å². The molecule has 1 nitrogen and oxygen atoms in total. The zero-order valence-electron chi connectivity index (χ0n) is 11.2. The van der Waals surface area contributed by atoms with Gasteiger partial charge in [-0.2, -0.15) is 0 Å². The van der Waals surface area contributed by atoms with Gasteiger partial charge in [0.15, 0.2) is 0 Å². The maximum Gasteiger partial charge on any atom is 0.129 e. The van der Waals surface area contributed by atoms with Gasteiger partial charge in [-0.3, -0.25) is 0 Å². The second kappa shape index (κ2) is 7.93. The molecule has 0 saturated heterocycles. The van der Waals surface area contributed by atoms with Crippen molar-refractivity contribution in [1.29, 1.82) is 0 Å². The van der Waals surface area contributed by atoms with E-state index in [-0.39, 0.29) is 12.4 Å². The topological polar surface area (TPSA) is 9.23 Å². The first-order chi connectivity index (χ1) is 10.2. The molecule has 0 radical (unpaired) electrons. The lowest BCUT2D eigenvalue weighted by Gasteiger charge is -2.07. The Morgan fingerprint density at radius 2 is 1.86 bits per heavy atom. The number of rotatable bonds is 4. The van der Waals surface area contributed by atoms with E-state index in [0.717, 1.165) is 5.56 Å². The monoisotopic (exact) mass is 322 g/mol. The van der Waals surface area contributed by atoms with Crippen LogP contribution in [-0.2, 0) is 6.61 Å². The number of hydrogen-bond acceptors (Lipinski definition) is 1. The summed E-state index contributed by atoms with van der Waals surface area (Å²) in [4.78, 5) is 0. The molecule has 21 heavy (non-hydrogen) atoms. The Kier molecular flexibility index (Phi) is 5.92. The lowest BCUT2D eigenvalue weighted by atomic mass is 10.2. The maximum absolute atomic E-state index is 13.5. The zero-order chi connectivity index (χ0) is 15.1. The van der Waals surface area contributed by atoms with Crippen molar-refractivity contribution < 1.29 is 9.13 Å². The molecule has 2 aromatic carbocycles. The van der Waals surface area contributed by atoms with Gasteiger partial charge in [0.25, 0.3) is 0 Å². The van der Waals surface area contributed by atoms with E-state index in [9.17, 15) is 4.39 Å². The van der Waals surface area contributed by atoms with Gasteiger partial charge >= 0.3 is 0 Å². The molecule has 0 aliphatic rings. The average molecular weight is 323 g/mol. The minimum Gasteiger partial charge on any atom is -0.489 e. The first kappa shape index (κ1) is 15.7. The Morgan fingerprint density at radius 3 is 2.57 bits per heavy atom. The predicted octanol–water partition coefficient (Wildman–Crippen LogP) is 5.04. The normalized spacial score (nSPS) is 9.86. The van der Waals surface area contributed by atoms with E-state index in [1.54, 1.807) is 18.2 Å². The van der Waals surface area contributed by atoms with Crippen LogP contribution in [0.1, 0.15) is 17.5 Å². The number of halogens is 3. The van der Waals surface area contributed by atoms with E-state index < -0.39 is 0 Å². The Bertz CT molecular complexity index is 657. The highest BCUT2D eigenvalue weighted by Gasteiger charge is 2.04. The standard InChI is InChI=1S/C17H13Cl2FO/c18-10-2-1-3-13-4-7-16(8-5-13)21-12-14-11-15(19)6-9-17(14)20/h4-9,11H,2,10,12H2. The SMILES string of the molecule is Fc1ccc(Cl)cc1COc1ccc(C#CCCCl)cc1. The summed E-state index contributed by atoms with van der Waals surface area (Å²) in [5, 5.41) is 0.486. The lowest BCUT2D eigenvalue weighted by molar-refractivity contribution is 0.300. The average Bonchev–Trinajstić information content (AvgIpc) is 2.50. The van der Waals surface area contributed by atoms with Crippen LogP contribution < -0.4 is 4.74 Å². The highest BCUT2D eigenvalue weighted by atomic mass is 35.5. The molecule has 0 aliphatic heterocycles. The molecule has 0 heterocycles. The fraction of sp³-hybridized carbons (Fsp3) is 0.176. The van der Waals surface area contributed by atoms with Crippen molar-refractivity contribution in [1.82, 2.24) is 0 Å². The third-order valence-corrected chi connectivity index (χ3v) is 3.13. The Hall–Kier alpha value is -1.69. The second-order valence-electron chi connectivity index (χ2n) is 4.29. The molecule has 0 atom stereocenters. The molecule has 0 aliphatic carbocycles. The highest BCUT2D eigenvalue weighted by molar-refractivity contribution is 6.30. The van der Waals surface area contributed by atoms with Crippen molar-refractivity contribution in [2.24, 2.45) is 0 Å². The predicted molar refractivity (Wildman–Crippen MR) is 84.4 cm³/mol. The van der Waals surface area contributed by atoms with Crippen LogP contribution in [0.25, 0.3) is 0 Å². The maximum atomic E-state index is 13.5. The van der Waals surface area contributed by atoms with Crippen LogP contribution in [0, 0.1) is 17.7 Å². The first-order valence-electron chi connectivity index (χ1n) is 6.40. The Balaban J connectivity index is 1.98. The molecular weight excluding hydrogens is 310 g/mol. The fourth-order valence-electron chi connectivity index (χ4n) is 1.66. The molecule has 0 saturated carbocycles. The van der Waals surface area contributed by atoms with Gasteiger partial charge in [0.2, 0.25) is 0 Å². The summed E-state index contributed by atoms with van der Waals surface area (Å²) >= 11 is 11.4. The number of benzene rings is 2. The van der Waals surface area contributed by atoms with Gasteiger partial charge in [-0.15, -0.1) is 11.6 Å². The molecule has 0 amide bonds. The summed E-state index contributed by atoms with van der Waals surface area (Å²) in [5.41, 5.74) is 1.31. The van der Waals surface area contributed by atoms with Crippen molar-refractivity contribution in [3.05, 3.63) is 64.4 Å². The van der Waals surface area contributed by atoms with Gasteiger partial charge in [0, 0.05) is 28.5 Å². The van der Waals surface area contributed by atoms with E-state index in [1.807, 2.05) is 12.1 Å². The van der Waals surface area contributed by atoms with Crippen molar-refractivity contribution >= 4 is 23.2 Å². The summed E-state index contributed by atoms with van der Waals surface area (Å²) < 4.78 is 19.1. The van der Waals surface area contributed by atoms with Gasteiger partial charge in [-0.25, -0.2) is 4.39 Å². The van der Waals surface area contributed by atoms with Gasteiger partial charge < -0.3 is 4.74 Å². The molecule has 0 unspecified atom stereocenters. The molecular formula is C17H13Cl2FO. The van der Waals surface area contributed by atoms with Crippen LogP contribution in [0.15, 0.2) is 42.5 Å². The molecule has 0 aromatic heterocycles. The summed E-state index contributed by atoms with van der Waals surface area (Å²) in [6, 6.07) is 11.7. The minimum atomic E-state index is -0.331. The molecule has 2 rings (SSSR count). The summed E-state index contributed by atoms with van der Waals surface area (Å²) in [6.45, 7) is 0.129. The highest BCUT2D eigenvalue weighted by Crippen LogP contribution is 2.18. The molecule has 108 valence electrons. The van der Waals surface area contributed by atoms with Gasteiger partial charge in [-0.1, -0.05) is 23.4 Å². The molecule has 0 N–H and O–H groups in total. The van der Waals surface area contributed by atoms with Crippen LogP contribution in [0.4, 0.5) is 4.39 Å². The van der Waals surface area contributed by atoms with E-state index in [1.165, 1.54) is 12.1 Å². The van der Waals surface area contributed by atoms with Crippen LogP contribution in [-0.4, -0.2) is 5.88 Å². The number of hydrogen-bond donors (Lipinski definition) is 0. The van der Waals surface area contributed by atoms with E-state index >= 15 is 0 Å². The number of alkyl halides is 1. The summed E-state index contributed by atoms with van der Waals surface area (Å²) in [7, 11) is 0. The van der Waals surface area contributed by atoms with E-state index in [4.69, 9.17) is 27.9 Å². The molecule has 0 bridgehead atoms. The Labute approximate surface area is 133 Å². The summed E-state index contributed by atoms with van der Waals surface area (Å²) in [6.07, 6.45) is 0.661. The first-order valence-corrected chi connectivity index (χ1v) is 7.32. The molecule has 0 spiro atoms. The largest absolute Gasteiger partial charge is 0.489 e. The van der Waals surface area contributed by atoms with Crippen molar-refractivity contribution in [3.63, 3.8) is 0 Å². The fourth-order valence-corrected chi connectivity index (χ4v) is 1.95. The van der Waals surface area contributed by atoms with E-state index in [0.29, 0.717) is 28.6 Å². The third kappa shape index (κ3) is 4.97. The third-order valence-electron chi connectivity index (χ3n) is 2.71. The van der Waals surface area contributed by atoms with Gasteiger partial charge in [0.05, 0.1) is 0 Å². The quantitative estimate of drug-likeness (QED) is 0.566. The van der Waals surface area contributed by atoms with Crippen molar-refractivity contribution in [2.75, 3.05) is 5.88 Å². The minimum absolute atomic E-state index is 0.129. The molecule has 4 heteroatoms. The smallest absolute Gasteiger partial charge is 0.129 e. The van der Waals surface area contributed by atoms with Crippen LogP contribution in [0.2, 0.25) is 5.02 Å². The van der Waals surface area contributed by atoms with Crippen LogP contribution >= 0.6 is 23.2 Å². The van der Waals surface area contributed by atoms with Crippen molar-refractivity contribution in [2.45, 2.75) is 13.0 Å². The second-order valence-corrected chi connectivity index (χ2v) is 5.10. The zero-order valence-corrected chi connectivity index (χ0v) is 12.7. The van der Waals surface area contributed by atoms with Crippen LogP contribution in [0.5, 0.6) is 5.75 Å². The number of ether oxygens (including phenoxy) is 1. The lowest BCUT2D eigenvalue weighted by Crippen LogP contribution is -1.98. The molecule has 2 aromatic rings. The van der Waals surface area contributed by atoms with Crippen LogP contribution in [0.3, 0.4) is 0 Å². The van der Waals surface area contributed by atoms with Gasteiger partial charge in [0.1, 0.15) is 18.2 Å². The van der Waals surface area contributed by atoms with E-state index in [2.05, 4.69) is 11.8 Å².